The van der Waals surface area contributed by atoms with Gasteiger partial charge in [0, 0.05) is 6.07 Å². The number of halogens is 2. The number of carbonyl (C=O) groups is 2. The highest BCUT2D eigenvalue weighted by Crippen LogP contribution is 2.17. The quantitative estimate of drug-likeness (QED) is 0.470. The zero-order chi connectivity index (χ0) is 11.4. The lowest BCUT2D eigenvalue weighted by Crippen LogP contribution is -2.13. The normalized spacial score (nSPS) is 9.73. The van der Waals surface area contributed by atoms with Gasteiger partial charge >= 0.3 is 11.9 Å². The molecule has 0 saturated carbocycles. The summed E-state index contributed by atoms with van der Waals surface area (Å²) in [4.78, 5) is 20.9. The summed E-state index contributed by atoms with van der Waals surface area (Å²) in [6.07, 6.45) is -0.878. The predicted molar refractivity (Wildman–Crippen MR) is 44.2 cm³/mol. The maximum atomic E-state index is 12.9. The van der Waals surface area contributed by atoms with Crippen LogP contribution >= 0.6 is 0 Å². The third kappa shape index (κ3) is 3.34. The van der Waals surface area contributed by atoms with Crippen LogP contribution in [0.1, 0.15) is 6.42 Å². The van der Waals surface area contributed by atoms with E-state index in [1.807, 2.05) is 0 Å². The summed E-state index contributed by atoms with van der Waals surface area (Å²) in [6, 6.07) is 2.33. The molecular weight excluding hydrogens is 210 g/mol. The molecule has 0 atom stereocenters. The van der Waals surface area contributed by atoms with Gasteiger partial charge in [0.2, 0.25) is 0 Å². The standard InChI is InChI=1S/C9H6F2O4/c10-5-1-2-7(6(11)3-5)15-9(14)4-8(12)13/h1-3H,4H2,(H,12,13). The second-order valence-corrected chi connectivity index (χ2v) is 2.62. The number of carboxylic acid groups (broad SMARTS) is 1. The van der Waals surface area contributed by atoms with Crippen molar-refractivity contribution >= 4 is 11.9 Å². The van der Waals surface area contributed by atoms with Crippen molar-refractivity contribution in [3.63, 3.8) is 0 Å². The Kier molecular flexibility index (Phi) is 3.33. The Labute approximate surface area is 83.1 Å². The van der Waals surface area contributed by atoms with E-state index in [1.54, 1.807) is 0 Å². The molecule has 0 radical (unpaired) electrons. The fourth-order valence-corrected chi connectivity index (χ4v) is 0.840. The van der Waals surface area contributed by atoms with E-state index in [2.05, 4.69) is 4.74 Å². The van der Waals surface area contributed by atoms with Gasteiger partial charge in [-0.05, 0) is 12.1 Å². The lowest BCUT2D eigenvalue weighted by atomic mass is 10.3. The van der Waals surface area contributed by atoms with Gasteiger partial charge in [-0.1, -0.05) is 0 Å². The van der Waals surface area contributed by atoms with Gasteiger partial charge in [-0.3, -0.25) is 9.59 Å². The van der Waals surface area contributed by atoms with E-state index < -0.39 is 35.7 Å². The Morgan fingerprint density at radius 2 is 2.00 bits per heavy atom. The number of carbonyl (C=O) groups excluding carboxylic acids is 1. The zero-order valence-corrected chi connectivity index (χ0v) is 7.37. The number of rotatable bonds is 3. The molecule has 0 aliphatic rings. The van der Waals surface area contributed by atoms with Crippen LogP contribution in [0, 0.1) is 11.6 Å². The number of aliphatic carboxylic acids is 1. The zero-order valence-electron chi connectivity index (χ0n) is 7.37. The van der Waals surface area contributed by atoms with Gasteiger partial charge in [-0.15, -0.1) is 0 Å². The first-order chi connectivity index (χ1) is 6.99. The minimum atomic E-state index is -1.39. The topological polar surface area (TPSA) is 63.6 Å². The third-order valence-electron chi connectivity index (χ3n) is 1.41. The fraction of sp³-hybridized carbons (Fsp3) is 0.111. The molecule has 0 fully saturated rings. The van der Waals surface area contributed by atoms with Crippen LogP contribution in [-0.4, -0.2) is 17.0 Å². The minimum absolute atomic E-state index is 0.498. The number of ether oxygens (including phenoxy) is 1. The van der Waals surface area contributed by atoms with Crippen LogP contribution in [-0.2, 0) is 9.59 Å². The van der Waals surface area contributed by atoms with Crippen LogP contribution in [0.3, 0.4) is 0 Å². The monoisotopic (exact) mass is 216 g/mol. The molecule has 0 aliphatic carbocycles. The van der Waals surface area contributed by atoms with Crippen molar-refractivity contribution < 1.29 is 28.2 Å². The number of esters is 1. The SMILES string of the molecule is O=C(O)CC(=O)Oc1ccc(F)cc1F. The highest BCUT2D eigenvalue weighted by Gasteiger charge is 2.13. The second kappa shape index (κ2) is 4.50. The van der Waals surface area contributed by atoms with Crippen molar-refractivity contribution in [2.24, 2.45) is 0 Å². The van der Waals surface area contributed by atoms with Gasteiger partial charge in [0.05, 0.1) is 0 Å². The molecule has 0 amide bonds. The van der Waals surface area contributed by atoms with Crippen LogP contribution in [0.4, 0.5) is 8.78 Å². The maximum Gasteiger partial charge on any atom is 0.322 e. The van der Waals surface area contributed by atoms with E-state index in [4.69, 9.17) is 5.11 Å². The van der Waals surface area contributed by atoms with Crippen LogP contribution < -0.4 is 4.74 Å². The maximum absolute atomic E-state index is 12.9. The molecule has 1 rings (SSSR count). The van der Waals surface area contributed by atoms with Gasteiger partial charge in [0.25, 0.3) is 0 Å². The second-order valence-electron chi connectivity index (χ2n) is 2.62. The van der Waals surface area contributed by atoms with E-state index in [0.29, 0.717) is 6.07 Å². The van der Waals surface area contributed by atoms with Gasteiger partial charge in [0.15, 0.2) is 11.6 Å². The van der Waals surface area contributed by atoms with E-state index in [-0.39, 0.29) is 0 Å². The average molecular weight is 216 g/mol. The molecule has 1 N–H and O–H groups in total. The van der Waals surface area contributed by atoms with E-state index in [9.17, 15) is 18.4 Å². The molecule has 0 saturated heterocycles. The first kappa shape index (κ1) is 11.1. The van der Waals surface area contributed by atoms with Gasteiger partial charge in [0.1, 0.15) is 12.2 Å². The smallest absolute Gasteiger partial charge is 0.322 e. The number of benzene rings is 1. The summed E-state index contributed by atoms with van der Waals surface area (Å²) in [5.74, 6) is -4.88. The molecule has 0 aromatic heterocycles. The molecule has 0 heterocycles. The summed E-state index contributed by atoms with van der Waals surface area (Å²) in [6.45, 7) is 0. The van der Waals surface area contributed by atoms with Crippen LogP contribution in [0.25, 0.3) is 0 Å². The number of hydrogen-bond donors (Lipinski definition) is 1. The number of hydrogen-bond acceptors (Lipinski definition) is 3. The highest BCUT2D eigenvalue weighted by molar-refractivity contribution is 5.91. The highest BCUT2D eigenvalue weighted by atomic mass is 19.1. The minimum Gasteiger partial charge on any atom is -0.481 e. The molecule has 0 bridgehead atoms. The average Bonchev–Trinajstić information content (AvgIpc) is 2.08. The van der Waals surface area contributed by atoms with E-state index in [0.717, 1.165) is 12.1 Å². The van der Waals surface area contributed by atoms with E-state index >= 15 is 0 Å². The van der Waals surface area contributed by atoms with Crippen molar-refractivity contribution in [3.05, 3.63) is 29.8 Å². The number of carboxylic acids is 1. The summed E-state index contributed by atoms with van der Waals surface area (Å²) >= 11 is 0. The first-order valence-corrected chi connectivity index (χ1v) is 3.86. The van der Waals surface area contributed by atoms with E-state index in [1.165, 1.54) is 0 Å². The fourth-order valence-electron chi connectivity index (χ4n) is 0.840. The third-order valence-corrected chi connectivity index (χ3v) is 1.41. The summed E-state index contributed by atoms with van der Waals surface area (Å²) < 4.78 is 29.7. The Morgan fingerprint density at radius 3 is 2.53 bits per heavy atom. The lowest BCUT2D eigenvalue weighted by molar-refractivity contribution is -0.145. The Morgan fingerprint density at radius 1 is 1.33 bits per heavy atom. The molecule has 0 aliphatic heterocycles. The summed E-state index contributed by atoms with van der Waals surface area (Å²) in [5.41, 5.74) is 0. The Hall–Kier alpha value is -1.98. The molecular formula is C9H6F2O4. The summed E-state index contributed by atoms with van der Waals surface area (Å²) in [7, 11) is 0. The molecule has 15 heavy (non-hydrogen) atoms. The van der Waals surface area contributed by atoms with Crippen LogP contribution in [0.2, 0.25) is 0 Å². The molecule has 80 valence electrons. The lowest BCUT2D eigenvalue weighted by Gasteiger charge is -2.03. The van der Waals surface area contributed by atoms with Crippen molar-refractivity contribution in [1.82, 2.24) is 0 Å². The molecule has 6 heteroatoms. The molecule has 0 unspecified atom stereocenters. The largest absolute Gasteiger partial charge is 0.481 e. The Balaban J connectivity index is 2.72. The summed E-state index contributed by atoms with van der Waals surface area (Å²) in [5, 5.41) is 8.22. The molecule has 1 aromatic rings. The molecule has 1 aromatic carbocycles. The van der Waals surface area contributed by atoms with Crippen LogP contribution in [0.15, 0.2) is 18.2 Å². The van der Waals surface area contributed by atoms with Crippen LogP contribution in [0.5, 0.6) is 5.75 Å². The predicted octanol–water partition coefficient (Wildman–Crippen LogP) is 1.34. The molecule has 4 nitrogen and oxygen atoms in total. The molecule has 0 spiro atoms. The van der Waals surface area contributed by atoms with Crippen molar-refractivity contribution in [3.8, 4) is 5.75 Å². The van der Waals surface area contributed by atoms with Gasteiger partial charge < -0.3 is 9.84 Å². The Bertz CT molecular complexity index is 403. The van der Waals surface area contributed by atoms with Gasteiger partial charge in [-0.25, -0.2) is 8.78 Å². The van der Waals surface area contributed by atoms with Gasteiger partial charge in [-0.2, -0.15) is 0 Å². The van der Waals surface area contributed by atoms with Crippen molar-refractivity contribution in [1.29, 1.82) is 0 Å². The first-order valence-electron chi connectivity index (χ1n) is 3.86. The van der Waals surface area contributed by atoms with Crippen molar-refractivity contribution in [2.45, 2.75) is 6.42 Å². The van der Waals surface area contributed by atoms with Crippen molar-refractivity contribution in [2.75, 3.05) is 0 Å².